The molecule has 1 aliphatic rings. The maximum absolute atomic E-state index is 6.08. The van der Waals surface area contributed by atoms with Gasteiger partial charge in [-0.1, -0.05) is 24.3 Å². The van der Waals surface area contributed by atoms with E-state index in [2.05, 4.69) is 17.0 Å². The Morgan fingerprint density at radius 3 is 2.62 bits per heavy atom. The van der Waals surface area contributed by atoms with Gasteiger partial charge in [0.2, 0.25) is 0 Å². The summed E-state index contributed by atoms with van der Waals surface area (Å²) in [5.74, 6) is 2.53. The number of hydrogen-bond acceptors (Lipinski definition) is 4. The quantitative estimate of drug-likeness (QED) is 0.775. The van der Waals surface area contributed by atoms with Crippen LogP contribution in [0.5, 0.6) is 17.2 Å². The van der Waals surface area contributed by atoms with E-state index < -0.39 is 0 Å². The lowest BCUT2D eigenvalue weighted by Crippen LogP contribution is -2.36. The van der Waals surface area contributed by atoms with Crippen LogP contribution in [0.4, 0.5) is 0 Å². The first kappa shape index (κ1) is 16.8. The molecular weight excluding hydrogens is 302 g/mol. The van der Waals surface area contributed by atoms with Crippen LogP contribution in [-0.2, 0) is 11.2 Å². The first-order valence-corrected chi connectivity index (χ1v) is 8.55. The monoisotopic (exact) mass is 327 g/mol. The van der Waals surface area contributed by atoms with Crippen LogP contribution in [-0.4, -0.2) is 44.9 Å². The molecule has 2 aromatic rings. The molecule has 0 radical (unpaired) electrons. The summed E-state index contributed by atoms with van der Waals surface area (Å²) in [6, 6.07) is 16.0. The van der Waals surface area contributed by atoms with E-state index in [9.17, 15) is 0 Å². The Hall–Kier alpha value is -2.04. The van der Waals surface area contributed by atoms with Gasteiger partial charge in [0.15, 0.2) is 0 Å². The number of morpholine rings is 1. The van der Waals surface area contributed by atoms with E-state index in [-0.39, 0.29) is 0 Å². The van der Waals surface area contributed by atoms with Gasteiger partial charge in [-0.3, -0.25) is 4.90 Å². The lowest BCUT2D eigenvalue weighted by molar-refractivity contribution is 0.0374. The molecule has 1 fully saturated rings. The first-order chi connectivity index (χ1) is 11.8. The van der Waals surface area contributed by atoms with Gasteiger partial charge < -0.3 is 14.2 Å². The third-order valence-corrected chi connectivity index (χ3v) is 4.27. The van der Waals surface area contributed by atoms with Crippen molar-refractivity contribution in [1.29, 1.82) is 0 Å². The molecule has 1 heterocycles. The van der Waals surface area contributed by atoms with Gasteiger partial charge in [-0.15, -0.1) is 0 Å². The maximum atomic E-state index is 6.08. The Morgan fingerprint density at radius 2 is 1.79 bits per heavy atom. The molecular formula is C20H25NO3. The zero-order valence-electron chi connectivity index (χ0n) is 14.2. The second-order valence-corrected chi connectivity index (χ2v) is 5.95. The van der Waals surface area contributed by atoms with Gasteiger partial charge >= 0.3 is 0 Å². The molecule has 1 aliphatic heterocycles. The van der Waals surface area contributed by atoms with Gasteiger partial charge in [0.05, 0.1) is 20.3 Å². The van der Waals surface area contributed by atoms with Gasteiger partial charge in [-0.25, -0.2) is 0 Å². The van der Waals surface area contributed by atoms with Crippen LogP contribution in [0.15, 0.2) is 48.5 Å². The number of para-hydroxylation sites is 1. The molecule has 0 saturated carbocycles. The van der Waals surface area contributed by atoms with Crippen molar-refractivity contribution in [3.63, 3.8) is 0 Å². The summed E-state index contributed by atoms with van der Waals surface area (Å²) in [5.41, 5.74) is 1.24. The van der Waals surface area contributed by atoms with Crippen LogP contribution >= 0.6 is 0 Å². The molecule has 128 valence electrons. The molecule has 0 aromatic heterocycles. The van der Waals surface area contributed by atoms with Crippen LogP contribution in [0.25, 0.3) is 0 Å². The molecule has 24 heavy (non-hydrogen) atoms. The van der Waals surface area contributed by atoms with Crippen molar-refractivity contribution < 1.29 is 14.2 Å². The molecule has 0 atom stereocenters. The summed E-state index contributed by atoms with van der Waals surface area (Å²) >= 11 is 0. The number of rotatable bonds is 7. The Labute approximate surface area is 144 Å². The summed E-state index contributed by atoms with van der Waals surface area (Å²) in [6.07, 6.45) is 2.13. The minimum Gasteiger partial charge on any atom is -0.497 e. The molecule has 1 saturated heterocycles. The zero-order valence-corrected chi connectivity index (χ0v) is 14.2. The highest BCUT2D eigenvalue weighted by molar-refractivity contribution is 5.40. The second-order valence-electron chi connectivity index (χ2n) is 5.95. The van der Waals surface area contributed by atoms with E-state index in [0.29, 0.717) is 0 Å². The highest BCUT2D eigenvalue weighted by atomic mass is 16.5. The third-order valence-electron chi connectivity index (χ3n) is 4.27. The van der Waals surface area contributed by atoms with Gasteiger partial charge in [-0.05, 0) is 43.1 Å². The normalized spacial score (nSPS) is 15.2. The van der Waals surface area contributed by atoms with Crippen LogP contribution in [0.1, 0.15) is 12.0 Å². The van der Waals surface area contributed by atoms with E-state index in [1.165, 1.54) is 5.56 Å². The standard InChI is InChI=1S/C20H25NO3/c1-22-18-8-4-9-19(16-18)24-20-10-3-2-6-17(20)7-5-11-21-12-14-23-15-13-21/h2-4,6,8-10,16H,5,7,11-15H2,1H3. The lowest BCUT2D eigenvalue weighted by atomic mass is 10.1. The molecule has 0 unspecified atom stereocenters. The van der Waals surface area contributed by atoms with Crippen LogP contribution in [0.2, 0.25) is 0 Å². The van der Waals surface area contributed by atoms with Crippen molar-refractivity contribution in [2.75, 3.05) is 40.0 Å². The summed E-state index contributed by atoms with van der Waals surface area (Å²) in [6.45, 7) is 4.91. The number of methoxy groups -OCH3 is 1. The van der Waals surface area contributed by atoms with Crippen molar-refractivity contribution in [2.24, 2.45) is 0 Å². The fraction of sp³-hybridized carbons (Fsp3) is 0.400. The molecule has 4 nitrogen and oxygen atoms in total. The SMILES string of the molecule is COc1cccc(Oc2ccccc2CCCN2CCOCC2)c1. The van der Waals surface area contributed by atoms with Crippen LogP contribution in [0, 0.1) is 0 Å². The van der Waals surface area contributed by atoms with Crippen molar-refractivity contribution >= 4 is 0 Å². The molecule has 0 bridgehead atoms. The highest BCUT2D eigenvalue weighted by Gasteiger charge is 2.11. The zero-order chi connectivity index (χ0) is 16.6. The van der Waals surface area contributed by atoms with Crippen molar-refractivity contribution in [2.45, 2.75) is 12.8 Å². The number of ether oxygens (including phenoxy) is 3. The lowest BCUT2D eigenvalue weighted by Gasteiger charge is -2.26. The van der Waals surface area contributed by atoms with E-state index in [0.717, 1.165) is 62.9 Å². The molecule has 0 aliphatic carbocycles. The Morgan fingerprint density at radius 1 is 1.00 bits per heavy atom. The fourth-order valence-electron chi connectivity index (χ4n) is 2.92. The van der Waals surface area contributed by atoms with Crippen molar-refractivity contribution in [3.05, 3.63) is 54.1 Å². The number of hydrogen-bond donors (Lipinski definition) is 0. The largest absolute Gasteiger partial charge is 0.497 e. The van der Waals surface area contributed by atoms with Gasteiger partial charge in [0.1, 0.15) is 17.2 Å². The Balaban J connectivity index is 1.59. The van der Waals surface area contributed by atoms with Crippen LogP contribution < -0.4 is 9.47 Å². The smallest absolute Gasteiger partial charge is 0.131 e. The Bertz CT molecular complexity index is 638. The minimum atomic E-state index is 0.801. The minimum absolute atomic E-state index is 0.801. The molecule has 4 heteroatoms. The molecule has 0 amide bonds. The third kappa shape index (κ3) is 4.73. The van der Waals surface area contributed by atoms with E-state index in [1.807, 2.05) is 36.4 Å². The van der Waals surface area contributed by atoms with E-state index in [1.54, 1.807) is 7.11 Å². The van der Waals surface area contributed by atoms with Crippen LogP contribution in [0.3, 0.4) is 0 Å². The average Bonchev–Trinajstić information content (AvgIpc) is 2.64. The number of benzene rings is 2. The second kappa shape index (κ2) is 8.71. The highest BCUT2D eigenvalue weighted by Crippen LogP contribution is 2.28. The van der Waals surface area contributed by atoms with E-state index >= 15 is 0 Å². The first-order valence-electron chi connectivity index (χ1n) is 8.55. The topological polar surface area (TPSA) is 30.9 Å². The summed E-state index contributed by atoms with van der Waals surface area (Å²) in [7, 11) is 1.67. The van der Waals surface area contributed by atoms with Gasteiger partial charge in [-0.2, -0.15) is 0 Å². The van der Waals surface area contributed by atoms with Crippen molar-refractivity contribution in [3.8, 4) is 17.2 Å². The number of nitrogens with zero attached hydrogens (tertiary/aromatic N) is 1. The predicted octanol–water partition coefficient (Wildman–Crippen LogP) is 3.75. The van der Waals surface area contributed by atoms with Crippen molar-refractivity contribution in [1.82, 2.24) is 4.90 Å². The maximum Gasteiger partial charge on any atom is 0.131 e. The summed E-state index contributed by atoms with van der Waals surface area (Å²) in [4.78, 5) is 2.47. The Kier molecular flexibility index (Phi) is 6.10. The van der Waals surface area contributed by atoms with Gasteiger partial charge in [0.25, 0.3) is 0 Å². The average molecular weight is 327 g/mol. The predicted molar refractivity (Wildman–Crippen MR) is 95.1 cm³/mol. The molecule has 0 N–H and O–H groups in total. The summed E-state index contributed by atoms with van der Waals surface area (Å²) < 4.78 is 16.7. The van der Waals surface area contributed by atoms with E-state index in [4.69, 9.17) is 14.2 Å². The van der Waals surface area contributed by atoms with Gasteiger partial charge in [0, 0.05) is 19.2 Å². The number of aryl methyl sites for hydroxylation is 1. The molecule has 3 rings (SSSR count). The molecule has 2 aromatic carbocycles. The molecule has 0 spiro atoms. The fourth-order valence-corrected chi connectivity index (χ4v) is 2.92. The summed E-state index contributed by atoms with van der Waals surface area (Å²) in [5, 5.41) is 0.